The van der Waals surface area contributed by atoms with Crippen molar-refractivity contribution < 1.29 is 47.4 Å². The molecule has 0 N–H and O–H groups in total. The van der Waals surface area contributed by atoms with E-state index >= 15 is 0 Å². The van der Waals surface area contributed by atoms with E-state index in [1.54, 1.807) is 30.5 Å². The topological polar surface area (TPSA) is 162 Å². The monoisotopic (exact) mass is 580 g/mol. The lowest BCUT2D eigenvalue weighted by molar-refractivity contribution is -0.0210. The fourth-order valence-electron chi connectivity index (χ4n) is 3.29. The number of carbonyl (C=O) groups excluding carboxylic acids is 1. The quantitative estimate of drug-likeness (QED) is 0.0529. The highest BCUT2D eigenvalue weighted by Crippen LogP contribution is 2.23. The summed E-state index contributed by atoms with van der Waals surface area (Å²) in [5, 5.41) is 4.04. The van der Waals surface area contributed by atoms with E-state index < -0.39 is 5.97 Å². The van der Waals surface area contributed by atoms with E-state index in [4.69, 9.17) is 48.2 Å². The van der Waals surface area contributed by atoms with Crippen LogP contribution < -0.4 is 4.74 Å². The molecule has 0 bridgehead atoms. The zero-order valence-corrected chi connectivity index (χ0v) is 23.6. The fourth-order valence-corrected chi connectivity index (χ4v) is 3.29. The molecule has 0 atom stereocenters. The van der Waals surface area contributed by atoms with Crippen LogP contribution in [0.25, 0.3) is 21.3 Å². The number of pyridine rings is 1. The van der Waals surface area contributed by atoms with Gasteiger partial charge in [0.25, 0.3) is 0 Å². The highest BCUT2D eigenvalue weighted by Gasteiger charge is 2.11. The van der Waals surface area contributed by atoms with Gasteiger partial charge in [-0.05, 0) is 29.8 Å². The second-order valence-corrected chi connectivity index (χ2v) is 8.12. The number of hydrogen-bond acceptors (Lipinski definition) is 12. The molecule has 1 heterocycles. The number of ether oxygens (including phenoxy) is 9. The molecule has 2 aromatic rings. The van der Waals surface area contributed by atoms with E-state index in [1.165, 1.54) is 7.11 Å². The van der Waals surface area contributed by atoms with Gasteiger partial charge in [0.15, 0.2) is 0 Å². The van der Waals surface area contributed by atoms with Gasteiger partial charge < -0.3 is 42.6 Å². The number of methoxy groups -OCH3 is 1. The summed E-state index contributed by atoms with van der Waals surface area (Å²) in [6.45, 7) is 7.11. The van der Waals surface area contributed by atoms with Crippen LogP contribution in [-0.2, 0) is 37.9 Å². The van der Waals surface area contributed by atoms with Crippen molar-refractivity contribution in [3.05, 3.63) is 46.5 Å². The van der Waals surface area contributed by atoms with Crippen molar-refractivity contribution in [1.82, 2.24) is 4.98 Å². The highest BCUT2D eigenvalue weighted by atomic mass is 16.6. The molecule has 14 nitrogen and oxygen atoms in total. The van der Waals surface area contributed by atoms with Crippen molar-refractivity contribution in [2.45, 2.75) is 0 Å². The van der Waals surface area contributed by atoms with Gasteiger partial charge in [-0.25, -0.2) is 4.79 Å². The Labute approximate surface area is 239 Å². The van der Waals surface area contributed by atoms with Gasteiger partial charge in [0, 0.05) is 23.0 Å². The first kappa shape index (κ1) is 34.1. The largest absolute Gasteiger partial charge is 0.491 e. The highest BCUT2D eigenvalue weighted by molar-refractivity contribution is 6.03. The minimum Gasteiger partial charge on any atom is -0.491 e. The zero-order valence-electron chi connectivity index (χ0n) is 23.6. The van der Waals surface area contributed by atoms with Gasteiger partial charge in [0.1, 0.15) is 12.4 Å². The molecule has 0 aliphatic heterocycles. The van der Waals surface area contributed by atoms with E-state index in [9.17, 15) is 4.79 Å². The van der Waals surface area contributed by atoms with Crippen LogP contribution >= 0.6 is 0 Å². The molecule has 1 aromatic carbocycles. The Bertz CT molecular complexity index is 1020. The molecule has 0 unspecified atom stereocenters. The van der Waals surface area contributed by atoms with Gasteiger partial charge >= 0.3 is 5.97 Å². The van der Waals surface area contributed by atoms with Crippen LogP contribution in [0.1, 0.15) is 10.4 Å². The van der Waals surface area contributed by atoms with Gasteiger partial charge in [0.2, 0.25) is 0 Å². The maximum Gasteiger partial charge on any atom is 0.338 e. The fraction of sp³-hybridized carbons (Fsp3) is 0.630. The molecule has 1 aromatic heterocycles. The maximum atomic E-state index is 12.0. The first-order valence-electron chi connectivity index (χ1n) is 13.4. The Morgan fingerprint density at radius 3 is 1.71 bits per heavy atom. The average molecular weight is 581 g/mol. The zero-order chi connectivity index (χ0) is 29.2. The first-order valence-corrected chi connectivity index (χ1v) is 13.4. The van der Waals surface area contributed by atoms with Crippen molar-refractivity contribution in [3.8, 4) is 5.75 Å². The predicted octanol–water partition coefficient (Wildman–Crippen LogP) is 2.83. The van der Waals surface area contributed by atoms with Crippen LogP contribution in [-0.4, -0.2) is 124 Å². The summed E-state index contributed by atoms with van der Waals surface area (Å²) in [7, 11) is 1.35. The van der Waals surface area contributed by atoms with E-state index in [0.29, 0.717) is 128 Å². The third kappa shape index (κ3) is 16.1. The third-order valence-electron chi connectivity index (χ3n) is 5.25. The van der Waals surface area contributed by atoms with Crippen molar-refractivity contribution in [3.63, 3.8) is 0 Å². The minimum absolute atomic E-state index is 0.323. The maximum absolute atomic E-state index is 12.0. The third-order valence-corrected chi connectivity index (χ3v) is 5.25. The summed E-state index contributed by atoms with van der Waals surface area (Å²) < 4.78 is 48.4. The summed E-state index contributed by atoms with van der Waals surface area (Å²) in [4.78, 5) is 18.9. The Morgan fingerprint density at radius 1 is 0.732 bits per heavy atom. The lowest BCUT2D eigenvalue weighted by atomic mass is 10.1. The molecule has 0 radical (unpaired) electrons. The second kappa shape index (κ2) is 23.6. The summed E-state index contributed by atoms with van der Waals surface area (Å²) >= 11 is 0. The predicted molar refractivity (Wildman–Crippen MR) is 148 cm³/mol. The molecule has 0 saturated carbocycles. The number of aromatic nitrogens is 1. The van der Waals surface area contributed by atoms with Gasteiger partial charge in [-0.1, -0.05) is 5.11 Å². The van der Waals surface area contributed by atoms with Gasteiger partial charge in [-0.2, -0.15) is 0 Å². The molecule has 0 saturated heterocycles. The van der Waals surface area contributed by atoms with E-state index in [2.05, 4.69) is 15.0 Å². The Hall–Kier alpha value is -3.07. The lowest BCUT2D eigenvalue weighted by Gasteiger charge is -2.10. The number of azide groups is 1. The summed E-state index contributed by atoms with van der Waals surface area (Å²) in [5.74, 6) is 0.200. The van der Waals surface area contributed by atoms with Crippen LogP contribution in [0.4, 0.5) is 0 Å². The Kier molecular flexibility index (Phi) is 19.7. The van der Waals surface area contributed by atoms with Crippen molar-refractivity contribution >= 4 is 16.9 Å². The molecule has 0 fully saturated rings. The number of esters is 1. The van der Waals surface area contributed by atoms with E-state index in [-0.39, 0.29) is 0 Å². The molecule has 14 heteroatoms. The normalized spacial score (nSPS) is 11.0. The van der Waals surface area contributed by atoms with Crippen LogP contribution in [0.2, 0.25) is 0 Å². The SMILES string of the molecule is COC(=O)c1ccnc2ccc(OCCOCCOCCOCCOCCOCCOCCOCCN=[N+]=[N-])cc12. The minimum atomic E-state index is -0.419. The number of hydrogen-bond donors (Lipinski definition) is 0. The van der Waals surface area contributed by atoms with Crippen molar-refractivity contribution in [1.29, 1.82) is 0 Å². The molecule has 0 amide bonds. The van der Waals surface area contributed by atoms with Gasteiger partial charge in [-0.3, -0.25) is 4.98 Å². The average Bonchev–Trinajstić information content (AvgIpc) is 3.00. The van der Waals surface area contributed by atoms with E-state index in [1.807, 2.05) is 0 Å². The van der Waals surface area contributed by atoms with Crippen LogP contribution in [0.3, 0.4) is 0 Å². The first-order chi connectivity index (χ1) is 20.3. The Balaban J connectivity index is 1.32. The molecule has 228 valence electrons. The molecule has 0 aliphatic carbocycles. The smallest absolute Gasteiger partial charge is 0.338 e. The van der Waals surface area contributed by atoms with Crippen molar-refractivity contribution in [2.24, 2.45) is 5.11 Å². The second-order valence-electron chi connectivity index (χ2n) is 8.12. The van der Waals surface area contributed by atoms with Gasteiger partial charge in [0.05, 0.1) is 111 Å². The summed E-state index contributed by atoms with van der Waals surface area (Å²) in [6.07, 6.45) is 1.57. The number of rotatable bonds is 26. The number of benzene rings is 1. The summed E-state index contributed by atoms with van der Waals surface area (Å²) in [5.41, 5.74) is 9.26. The number of carbonyl (C=O) groups is 1. The van der Waals surface area contributed by atoms with Crippen molar-refractivity contribution in [2.75, 3.05) is 113 Å². The van der Waals surface area contributed by atoms with Crippen LogP contribution in [0.5, 0.6) is 5.75 Å². The molecular weight excluding hydrogens is 540 g/mol. The molecule has 2 rings (SSSR count). The molecule has 0 spiro atoms. The number of nitrogens with zero attached hydrogens (tertiary/aromatic N) is 4. The summed E-state index contributed by atoms with van der Waals surface area (Å²) in [6, 6.07) is 6.99. The van der Waals surface area contributed by atoms with Crippen LogP contribution in [0.15, 0.2) is 35.6 Å². The van der Waals surface area contributed by atoms with E-state index in [0.717, 1.165) is 0 Å². The molecular formula is C27H40N4O10. The molecule has 0 aliphatic rings. The van der Waals surface area contributed by atoms with Crippen LogP contribution in [0, 0.1) is 0 Å². The Morgan fingerprint density at radius 2 is 1.22 bits per heavy atom. The standard InChI is InChI=1S/C27H40N4O10/c1-33-27(32)24-4-5-29-26-3-2-23(22-25(24)26)41-21-20-40-19-18-39-17-16-38-15-14-37-13-12-36-11-10-35-9-8-34-7-6-30-31-28/h2-5,22H,6-21H2,1H3. The lowest BCUT2D eigenvalue weighted by Crippen LogP contribution is -2.15. The number of fused-ring (bicyclic) bond motifs is 1. The molecule has 41 heavy (non-hydrogen) atoms. The van der Waals surface area contributed by atoms with Gasteiger partial charge in [-0.15, -0.1) is 0 Å².